The number of benzene rings is 3. The van der Waals surface area contributed by atoms with Crippen molar-refractivity contribution in [1.82, 2.24) is 4.57 Å². The quantitative estimate of drug-likeness (QED) is 0.357. The summed E-state index contributed by atoms with van der Waals surface area (Å²) in [7, 11) is -0.231. The standard InChI is InChI=1S/C24H26NP/c1-17(2)26(18(3)4)24-16-10-9-15-23(24)25-21-13-7-5-11-19(21)20-12-6-8-14-22(20)25/h5-18H,1-4H3. The Labute approximate surface area is 157 Å². The molecular formula is C24H26NP. The molecule has 2 heteroatoms. The zero-order valence-corrected chi connectivity index (χ0v) is 16.9. The first-order chi connectivity index (χ1) is 12.6. The predicted molar refractivity (Wildman–Crippen MR) is 118 cm³/mol. The lowest BCUT2D eigenvalue weighted by atomic mass is 10.2. The maximum Gasteiger partial charge on any atom is 0.0541 e. The second-order valence-electron chi connectivity index (χ2n) is 7.45. The van der Waals surface area contributed by atoms with E-state index in [0.717, 1.165) is 0 Å². The lowest BCUT2D eigenvalue weighted by Crippen LogP contribution is -2.19. The van der Waals surface area contributed by atoms with Gasteiger partial charge in [0.15, 0.2) is 0 Å². The van der Waals surface area contributed by atoms with Gasteiger partial charge in [-0.15, -0.1) is 0 Å². The molecule has 0 bridgehead atoms. The van der Waals surface area contributed by atoms with E-state index < -0.39 is 0 Å². The molecule has 0 aliphatic rings. The summed E-state index contributed by atoms with van der Waals surface area (Å²) in [5.41, 5.74) is 5.27. The van der Waals surface area contributed by atoms with Crippen molar-refractivity contribution in [3.05, 3.63) is 72.8 Å². The summed E-state index contributed by atoms with van der Waals surface area (Å²) in [6.45, 7) is 9.48. The van der Waals surface area contributed by atoms with Gasteiger partial charge < -0.3 is 4.57 Å². The van der Waals surface area contributed by atoms with Crippen LogP contribution in [0.5, 0.6) is 0 Å². The Bertz CT molecular complexity index is 997. The van der Waals surface area contributed by atoms with E-state index in [4.69, 9.17) is 0 Å². The van der Waals surface area contributed by atoms with Crippen molar-refractivity contribution in [2.45, 2.75) is 39.0 Å². The number of hydrogen-bond donors (Lipinski definition) is 0. The topological polar surface area (TPSA) is 4.93 Å². The fourth-order valence-corrected chi connectivity index (χ4v) is 7.21. The van der Waals surface area contributed by atoms with Crippen molar-refractivity contribution in [1.29, 1.82) is 0 Å². The molecule has 1 aromatic heterocycles. The van der Waals surface area contributed by atoms with Gasteiger partial charge in [0.2, 0.25) is 0 Å². The third-order valence-electron chi connectivity index (χ3n) is 5.09. The largest absolute Gasteiger partial charge is 0.309 e. The highest BCUT2D eigenvalue weighted by atomic mass is 31.1. The van der Waals surface area contributed by atoms with E-state index in [1.54, 1.807) is 0 Å². The van der Waals surface area contributed by atoms with E-state index in [1.807, 2.05) is 0 Å². The molecule has 0 radical (unpaired) electrons. The molecule has 0 saturated carbocycles. The van der Waals surface area contributed by atoms with Gasteiger partial charge in [0, 0.05) is 16.1 Å². The summed E-state index contributed by atoms with van der Waals surface area (Å²) >= 11 is 0. The highest BCUT2D eigenvalue weighted by molar-refractivity contribution is 7.67. The molecular weight excluding hydrogens is 333 g/mol. The molecule has 0 spiro atoms. The summed E-state index contributed by atoms with van der Waals surface area (Å²) in [6, 6.07) is 26.6. The van der Waals surface area contributed by atoms with Crippen molar-refractivity contribution < 1.29 is 0 Å². The van der Waals surface area contributed by atoms with Crippen LogP contribution < -0.4 is 5.30 Å². The molecule has 0 N–H and O–H groups in total. The fourth-order valence-electron chi connectivity index (χ4n) is 4.21. The van der Waals surface area contributed by atoms with Crippen molar-refractivity contribution in [2.24, 2.45) is 0 Å². The zero-order chi connectivity index (χ0) is 18.3. The van der Waals surface area contributed by atoms with E-state index in [0.29, 0.717) is 11.3 Å². The van der Waals surface area contributed by atoms with Crippen LogP contribution in [0, 0.1) is 0 Å². The van der Waals surface area contributed by atoms with Crippen molar-refractivity contribution in [3.63, 3.8) is 0 Å². The maximum absolute atomic E-state index is 2.47. The van der Waals surface area contributed by atoms with Crippen LogP contribution in [0.3, 0.4) is 0 Å². The summed E-state index contributed by atoms with van der Waals surface area (Å²) in [5, 5.41) is 4.17. The summed E-state index contributed by atoms with van der Waals surface area (Å²) < 4.78 is 2.47. The highest BCUT2D eigenvalue weighted by Gasteiger charge is 2.23. The van der Waals surface area contributed by atoms with E-state index in [2.05, 4.69) is 105 Å². The Balaban J connectivity index is 2.08. The van der Waals surface area contributed by atoms with Crippen molar-refractivity contribution in [2.75, 3.05) is 0 Å². The summed E-state index contributed by atoms with van der Waals surface area (Å²) in [5.74, 6) is 0. The third kappa shape index (κ3) is 2.75. The average Bonchev–Trinajstić information content (AvgIpc) is 2.96. The second-order valence-corrected chi connectivity index (χ2v) is 10.8. The smallest absolute Gasteiger partial charge is 0.0541 e. The Morgan fingerprint density at radius 2 is 1.08 bits per heavy atom. The van der Waals surface area contributed by atoms with Crippen LogP contribution in [0.1, 0.15) is 27.7 Å². The minimum atomic E-state index is -0.231. The molecule has 0 aliphatic carbocycles. The number of nitrogens with zero attached hydrogens (tertiary/aromatic N) is 1. The molecule has 3 aromatic carbocycles. The van der Waals surface area contributed by atoms with Crippen molar-refractivity contribution in [3.8, 4) is 5.69 Å². The number of aromatic nitrogens is 1. The lowest BCUT2D eigenvalue weighted by Gasteiger charge is -2.29. The van der Waals surface area contributed by atoms with E-state index >= 15 is 0 Å². The molecule has 4 aromatic rings. The van der Waals surface area contributed by atoms with Gasteiger partial charge >= 0.3 is 0 Å². The molecule has 26 heavy (non-hydrogen) atoms. The average molecular weight is 359 g/mol. The first kappa shape index (κ1) is 17.3. The van der Waals surface area contributed by atoms with Crippen LogP contribution in [0.25, 0.3) is 27.5 Å². The van der Waals surface area contributed by atoms with Crippen LogP contribution in [0.4, 0.5) is 0 Å². The third-order valence-corrected chi connectivity index (χ3v) is 8.25. The van der Waals surface area contributed by atoms with Gasteiger partial charge in [-0.2, -0.15) is 0 Å². The fraction of sp³-hybridized carbons (Fsp3) is 0.250. The summed E-state index contributed by atoms with van der Waals surface area (Å²) in [4.78, 5) is 0. The normalized spacial score (nSPS) is 12.1. The number of rotatable bonds is 4. The molecule has 0 amide bonds. The van der Waals surface area contributed by atoms with Gasteiger partial charge in [-0.25, -0.2) is 0 Å². The first-order valence-electron chi connectivity index (χ1n) is 9.45. The second kappa shape index (κ2) is 6.89. The molecule has 0 fully saturated rings. The van der Waals surface area contributed by atoms with E-state index in [9.17, 15) is 0 Å². The van der Waals surface area contributed by atoms with Gasteiger partial charge in [0.25, 0.3) is 0 Å². The lowest BCUT2D eigenvalue weighted by molar-refractivity contribution is 1.02. The Morgan fingerprint density at radius 3 is 1.62 bits per heavy atom. The molecule has 0 aliphatic heterocycles. The summed E-state index contributed by atoms with van der Waals surface area (Å²) in [6.07, 6.45) is 0. The minimum absolute atomic E-state index is 0.231. The molecule has 0 saturated heterocycles. The number of hydrogen-bond acceptors (Lipinski definition) is 0. The van der Waals surface area contributed by atoms with Crippen LogP contribution >= 0.6 is 7.92 Å². The SMILES string of the molecule is CC(C)P(c1ccccc1-n1c2ccccc2c2ccccc21)C(C)C. The van der Waals surface area contributed by atoms with Crippen molar-refractivity contribution >= 4 is 35.0 Å². The predicted octanol–water partition coefficient (Wildman–Crippen LogP) is 6.71. The Morgan fingerprint density at radius 1 is 0.615 bits per heavy atom. The van der Waals surface area contributed by atoms with Crippen LogP contribution in [0.2, 0.25) is 0 Å². The number of fused-ring (bicyclic) bond motifs is 3. The molecule has 132 valence electrons. The first-order valence-corrected chi connectivity index (χ1v) is 10.9. The van der Waals surface area contributed by atoms with Crippen LogP contribution in [0.15, 0.2) is 72.8 Å². The van der Waals surface area contributed by atoms with Gasteiger partial charge in [0.05, 0.1) is 16.7 Å². The molecule has 0 unspecified atom stereocenters. The van der Waals surface area contributed by atoms with Gasteiger partial charge in [0.1, 0.15) is 0 Å². The Hall–Kier alpha value is -2.11. The molecule has 1 nitrogen and oxygen atoms in total. The van der Waals surface area contributed by atoms with Gasteiger partial charge in [-0.1, -0.05) is 90.2 Å². The monoisotopic (exact) mass is 359 g/mol. The Kier molecular flexibility index (Phi) is 4.59. The minimum Gasteiger partial charge on any atom is -0.309 e. The van der Waals surface area contributed by atoms with Gasteiger partial charge in [-0.3, -0.25) is 0 Å². The highest BCUT2D eigenvalue weighted by Crippen LogP contribution is 2.47. The van der Waals surface area contributed by atoms with Crippen LogP contribution in [-0.4, -0.2) is 15.9 Å². The van der Waals surface area contributed by atoms with Crippen LogP contribution in [-0.2, 0) is 0 Å². The maximum atomic E-state index is 2.47. The molecule has 1 heterocycles. The number of para-hydroxylation sites is 3. The molecule has 0 atom stereocenters. The van der Waals surface area contributed by atoms with E-state index in [1.165, 1.54) is 32.8 Å². The zero-order valence-electron chi connectivity index (χ0n) is 16.0. The van der Waals surface area contributed by atoms with E-state index in [-0.39, 0.29) is 7.92 Å². The molecule has 4 rings (SSSR count). The van der Waals surface area contributed by atoms with Gasteiger partial charge in [-0.05, 0) is 29.5 Å².